The molecule has 0 aliphatic heterocycles. The molecule has 1 aromatic rings. The van der Waals surface area contributed by atoms with E-state index < -0.39 is 11.7 Å². The van der Waals surface area contributed by atoms with Crippen LogP contribution in [-0.4, -0.2) is 21.0 Å². The van der Waals surface area contributed by atoms with Crippen molar-refractivity contribution in [2.75, 3.05) is 0 Å². The Morgan fingerprint density at radius 2 is 1.21 bits per heavy atom. The Morgan fingerprint density at radius 1 is 0.793 bits per heavy atom. The van der Waals surface area contributed by atoms with E-state index in [2.05, 4.69) is 16.9 Å². The second-order valence-corrected chi connectivity index (χ2v) is 7.85. The van der Waals surface area contributed by atoms with Gasteiger partial charge in [-0.2, -0.15) is 0 Å². The zero-order valence-electron chi connectivity index (χ0n) is 18.6. The summed E-state index contributed by atoms with van der Waals surface area (Å²) < 4.78 is 0. The van der Waals surface area contributed by atoms with Crippen LogP contribution in [0.25, 0.3) is 0 Å². The molecule has 1 aromatic heterocycles. The first-order valence-corrected chi connectivity index (χ1v) is 11.5. The van der Waals surface area contributed by atoms with Crippen molar-refractivity contribution in [3.8, 4) is 0 Å². The van der Waals surface area contributed by atoms with Crippen LogP contribution in [0.15, 0.2) is 15.8 Å². The zero-order chi connectivity index (χ0) is 21.7. The second-order valence-electron chi connectivity index (χ2n) is 7.85. The lowest BCUT2D eigenvalue weighted by Crippen LogP contribution is -2.22. The number of H-pyrrole nitrogens is 2. The summed E-state index contributed by atoms with van der Waals surface area (Å²) in [7, 11) is 0. The molecule has 168 valence electrons. The van der Waals surface area contributed by atoms with Gasteiger partial charge >= 0.3 is 11.7 Å². The summed E-state index contributed by atoms with van der Waals surface area (Å²) in [6.07, 6.45) is 21.6. The van der Waals surface area contributed by atoms with Crippen molar-refractivity contribution < 1.29 is 9.90 Å². The van der Waals surface area contributed by atoms with Gasteiger partial charge in [0, 0.05) is 18.2 Å². The molecule has 0 aliphatic carbocycles. The van der Waals surface area contributed by atoms with Crippen LogP contribution in [0.5, 0.6) is 0 Å². The molecule has 0 radical (unpaired) electrons. The molecule has 0 fully saturated rings. The third-order valence-electron chi connectivity index (χ3n) is 5.00. The van der Waals surface area contributed by atoms with Gasteiger partial charge in [0.15, 0.2) is 0 Å². The molecular formula is C23H42N2O4. The predicted molar refractivity (Wildman–Crippen MR) is 120 cm³/mol. The Hall–Kier alpha value is -1.85. The van der Waals surface area contributed by atoms with Gasteiger partial charge < -0.3 is 10.1 Å². The van der Waals surface area contributed by atoms with Gasteiger partial charge in [0.05, 0.1) is 0 Å². The molecule has 29 heavy (non-hydrogen) atoms. The van der Waals surface area contributed by atoms with E-state index >= 15 is 0 Å². The van der Waals surface area contributed by atoms with Gasteiger partial charge in [-0.3, -0.25) is 14.6 Å². The van der Waals surface area contributed by atoms with Crippen molar-refractivity contribution in [3.05, 3.63) is 32.6 Å². The Kier molecular flexibility index (Phi) is 18.2. The van der Waals surface area contributed by atoms with E-state index in [1.165, 1.54) is 89.7 Å². The number of aliphatic carboxylic acids is 1. The number of rotatable bonds is 16. The van der Waals surface area contributed by atoms with Crippen LogP contribution in [0, 0.1) is 6.92 Å². The summed E-state index contributed by atoms with van der Waals surface area (Å²) in [5.74, 6) is -0.653. The van der Waals surface area contributed by atoms with Gasteiger partial charge in [-0.15, -0.1) is 0 Å². The van der Waals surface area contributed by atoms with Gasteiger partial charge in [0.25, 0.3) is 5.56 Å². The minimum atomic E-state index is -0.653. The summed E-state index contributed by atoms with van der Waals surface area (Å²) in [6, 6.07) is 0. The van der Waals surface area contributed by atoms with E-state index in [-0.39, 0.29) is 5.56 Å². The third kappa shape index (κ3) is 19.2. The van der Waals surface area contributed by atoms with Gasteiger partial charge in [0.2, 0.25) is 0 Å². The molecule has 0 atom stereocenters. The third-order valence-corrected chi connectivity index (χ3v) is 5.00. The number of aromatic nitrogens is 2. The van der Waals surface area contributed by atoms with Crippen molar-refractivity contribution in [3.63, 3.8) is 0 Å². The Labute approximate surface area is 175 Å². The van der Waals surface area contributed by atoms with Gasteiger partial charge in [-0.25, -0.2) is 4.79 Å². The maximum Gasteiger partial charge on any atom is 0.325 e. The largest absolute Gasteiger partial charge is 0.481 e. The molecular weight excluding hydrogens is 368 g/mol. The predicted octanol–water partition coefficient (Wildman–Crippen LogP) is 5.70. The number of carboxylic acid groups (broad SMARTS) is 1. The SMILES string of the molecule is CCCCCCCCCCCCCCCCCC(=O)O.Cc1c[nH]c(=O)[nH]c1=O. The maximum atomic E-state index is 10.6. The highest BCUT2D eigenvalue weighted by atomic mass is 16.4. The number of carbonyl (C=O) groups is 1. The van der Waals surface area contributed by atoms with Crippen LogP contribution < -0.4 is 11.2 Å². The molecule has 0 unspecified atom stereocenters. The van der Waals surface area contributed by atoms with Crippen molar-refractivity contribution in [1.82, 2.24) is 9.97 Å². The van der Waals surface area contributed by atoms with E-state index in [9.17, 15) is 14.4 Å². The van der Waals surface area contributed by atoms with Crippen LogP contribution >= 0.6 is 0 Å². The monoisotopic (exact) mass is 410 g/mol. The highest BCUT2D eigenvalue weighted by Crippen LogP contribution is 2.13. The van der Waals surface area contributed by atoms with E-state index in [4.69, 9.17) is 5.11 Å². The molecule has 0 aromatic carbocycles. The molecule has 0 spiro atoms. The van der Waals surface area contributed by atoms with Crippen LogP contribution in [0.2, 0.25) is 0 Å². The molecule has 0 aliphatic rings. The summed E-state index contributed by atoms with van der Waals surface area (Å²) in [5.41, 5.74) is -0.293. The van der Waals surface area contributed by atoms with Crippen LogP contribution in [0.4, 0.5) is 0 Å². The van der Waals surface area contributed by atoms with Crippen LogP contribution in [0.3, 0.4) is 0 Å². The number of nitrogens with one attached hydrogen (secondary N) is 2. The molecule has 1 heterocycles. The van der Waals surface area contributed by atoms with Crippen LogP contribution in [0.1, 0.15) is 115 Å². The minimum Gasteiger partial charge on any atom is -0.481 e. The number of aromatic amines is 2. The number of carboxylic acids is 1. The van der Waals surface area contributed by atoms with Crippen molar-refractivity contribution in [2.24, 2.45) is 0 Å². The topological polar surface area (TPSA) is 103 Å². The first-order valence-electron chi connectivity index (χ1n) is 11.5. The lowest BCUT2D eigenvalue weighted by molar-refractivity contribution is -0.137. The Morgan fingerprint density at radius 3 is 1.55 bits per heavy atom. The number of hydrogen-bond donors (Lipinski definition) is 3. The summed E-state index contributed by atoms with van der Waals surface area (Å²) in [4.78, 5) is 35.6. The van der Waals surface area contributed by atoms with Gasteiger partial charge in [-0.1, -0.05) is 96.8 Å². The van der Waals surface area contributed by atoms with Crippen molar-refractivity contribution >= 4 is 5.97 Å². The molecule has 0 bridgehead atoms. The first-order chi connectivity index (χ1) is 14.0. The lowest BCUT2D eigenvalue weighted by Gasteiger charge is -2.03. The fraction of sp³-hybridized carbons (Fsp3) is 0.783. The first kappa shape index (κ1) is 27.1. The Balaban J connectivity index is 0.000000717. The molecule has 0 saturated carbocycles. The fourth-order valence-corrected chi connectivity index (χ4v) is 3.12. The van der Waals surface area contributed by atoms with E-state index in [0.29, 0.717) is 12.0 Å². The molecule has 3 N–H and O–H groups in total. The maximum absolute atomic E-state index is 10.6. The summed E-state index contributed by atoms with van der Waals surface area (Å²) in [6.45, 7) is 3.89. The van der Waals surface area contributed by atoms with E-state index in [1.807, 2.05) is 0 Å². The number of aryl methyl sites for hydroxylation is 1. The molecule has 6 heteroatoms. The smallest absolute Gasteiger partial charge is 0.325 e. The van der Waals surface area contributed by atoms with Gasteiger partial charge in [-0.05, 0) is 13.3 Å². The molecule has 0 saturated heterocycles. The fourth-order valence-electron chi connectivity index (χ4n) is 3.12. The van der Waals surface area contributed by atoms with E-state index in [1.54, 1.807) is 6.92 Å². The molecule has 6 nitrogen and oxygen atoms in total. The minimum absolute atomic E-state index is 0.334. The highest BCUT2D eigenvalue weighted by molar-refractivity contribution is 5.66. The normalized spacial score (nSPS) is 10.4. The quantitative estimate of drug-likeness (QED) is 0.304. The second kappa shape index (κ2) is 19.5. The van der Waals surface area contributed by atoms with Crippen molar-refractivity contribution in [2.45, 2.75) is 117 Å². The zero-order valence-corrected chi connectivity index (χ0v) is 18.6. The summed E-state index contributed by atoms with van der Waals surface area (Å²) >= 11 is 0. The molecule has 0 amide bonds. The number of hydrogen-bond acceptors (Lipinski definition) is 3. The van der Waals surface area contributed by atoms with Crippen LogP contribution in [-0.2, 0) is 4.79 Å². The summed E-state index contributed by atoms with van der Waals surface area (Å²) in [5, 5.41) is 8.52. The Bertz CT molecular complexity index is 622. The molecule has 1 rings (SSSR count). The lowest BCUT2D eigenvalue weighted by atomic mass is 10.0. The average Bonchev–Trinajstić information content (AvgIpc) is 2.68. The average molecular weight is 411 g/mol. The van der Waals surface area contributed by atoms with E-state index in [0.717, 1.165) is 12.8 Å². The highest BCUT2D eigenvalue weighted by Gasteiger charge is 1.97. The standard InChI is InChI=1S/C18H36O2.C5H6N2O2/c1-2-3-4-5-6-7-8-9-10-11-12-13-14-15-16-17-18(19)20;1-3-2-6-5(9)7-4(3)8/h2-17H2,1H3,(H,19,20);2H,1H3,(H2,6,7,8,9). The van der Waals surface area contributed by atoms with Crippen molar-refractivity contribution in [1.29, 1.82) is 0 Å². The van der Waals surface area contributed by atoms with Gasteiger partial charge in [0.1, 0.15) is 0 Å². The number of unbranched alkanes of at least 4 members (excludes halogenated alkanes) is 14.